The number of halogens is 1. The fourth-order valence-corrected chi connectivity index (χ4v) is 3.69. The molecule has 160 valence electrons. The van der Waals surface area contributed by atoms with Crippen LogP contribution in [0.15, 0.2) is 48.5 Å². The third-order valence-corrected chi connectivity index (χ3v) is 5.22. The minimum Gasteiger partial charge on any atom is -0.497 e. The second kappa shape index (κ2) is 8.79. The van der Waals surface area contributed by atoms with Crippen molar-refractivity contribution in [3.63, 3.8) is 0 Å². The zero-order valence-electron chi connectivity index (χ0n) is 17.0. The molecule has 0 saturated heterocycles. The van der Waals surface area contributed by atoms with Crippen molar-refractivity contribution in [1.29, 1.82) is 0 Å². The molecular weight excluding hydrogens is 420 g/mol. The second-order valence-electron chi connectivity index (χ2n) is 7.04. The number of carbonyl (C=O) groups is 2. The summed E-state index contributed by atoms with van der Waals surface area (Å²) in [5, 5.41) is 10.9. The maximum Gasteiger partial charge on any atom is 0.251 e. The third-order valence-electron chi connectivity index (χ3n) is 4.97. The highest BCUT2D eigenvalue weighted by Crippen LogP contribution is 2.39. The molecule has 2 amide bonds. The van der Waals surface area contributed by atoms with Crippen molar-refractivity contribution in [2.75, 3.05) is 24.9 Å². The number of hydrogen-bond donors (Lipinski definition) is 2. The lowest BCUT2D eigenvalue weighted by atomic mass is 10.1. The molecule has 0 fully saturated rings. The van der Waals surface area contributed by atoms with Crippen molar-refractivity contribution in [2.24, 2.45) is 0 Å². The Morgan fingerprint density at radius 2 is 2.00 bits per heavy atom. The van der Waals surface area contributed by atoms with Crippen LogP contribution in [0.3, 0.4) is 0 Å². The molecule has 1 aromatic heterocycles. The number of amides is 2. The third kappa shape index (κ3) is 4.26. The summed E-state index contributed by atoms with van der Waals surface area (Å²) in [6.07, 6.45) is -0.0653. The summed E-state index contributed by atoms with van der Waals surface area (Å²) in [5.41, 5.74) is 2.85. The molecule has 1 aliphatic heterocycles. The number of fused-ring (bicyclic) bond motifs is 1. The first kappa shape index (κ1) is 20.9. The van der Waals surface area contributed by atoms with E-state index in [1.165, 1.54) is 0 Å². The molecule has 0 aliphatic carbocycles. The van der Waals surface area contributed by atoms with Crippen LogP contribution in [-0.2, 0) is 20.9 Å². The molecule has 2 N–H and O–H groups in total. The van der Waals surface area contributed by atoms with Gasteiger partial charge in [-0.15, -0.1) is 0 Å². The molecule has 31 heavy (non-hydrogen) atoms. The molecule has 4 rings (SSSR count). The van der Waals surface area contributed by atoms with Crippen LogP contribution in [0, 0.1) is 0 Å². The van der Waals surface area contributed by atoms with Gasteiger partial charge in [0.05, 0.1) is 25.8 Å². The van der Waals surface area contributed by atoms with Crippen molar-refractivity contribution < 1.29 is 19.1 Å². The summed E-state index contributed by atoms with van der Waals surface area (Å²) in [5.74, 6) is 0.571. The quantitative estimate of drug-likeness (QED) is 0.581. The van der Waals surface area contributed by atoms with Crippen LogP contribution in [0.1, 0.15) is 18.2 Å². The molecule has 8 nitrogen and oxygen atoms in total. The lowest BCUT2D eigenvalue weighted by Crippen LogP contribution is -2.24. The number of carbonyl (C=O) groups excluding carboxylic acids is 2. The van der Waals surface area contributed by atoms with Crippen molar-refractivity contribution in [2.45, 2.75) is 19.1 Å². The molecule has 1 unspecified atom stereocenters. The lowest BCUT2D eigenvalue weighted by molar-refractivity contribution is -0.123. The highest BCUT2D eigenvalue weighted by Gasteiger charge is 2.37. The van der Waals surface area contributed by atoms with Crippen molar-refractivity contribution >= 4 is 34.9 Å². The largest absolute Gasteiger partial charge is 0.497 e. The number of nitrogens with one attached hydrogen (secondary N) is 2. The van der Waals surface area contributed by atoms with E-state index < -0.39 is 6.04 Å². The van der Waals surface area contributed by atoms with Crippen molar-refractivity contribution in [3.8, 4) is 16.9 Å². The summed E-state index contributed by atoms with van der Waals surface area (Å²) < 4.78 is 12.0. The second-order valence-corrected chi connectivity index (χ2v) is 7.48. The van der Waals surface area contributed by atoms with Gasteiger partial charge in [0.25, 0.3) is 5.91 Å². The number of anilines is 2. The molecule has 0 radical (unpaired) electrons. The standard InChI is InChI=1S/C22H21ClN4O4/c1-30-12-17-20(13-6-8-14(23)9-7-13)21-25-22(29)18(27(21)26-17)11-19(28)24-15-4-3-5-16(10-15)31-2/h3-10,18H,11-12H2,1-2H3,(H,24,28)(H,25,29). The highest BCUT2D eigenvalue weighted by atomic mass is 35.5. The smallest absolute Gasteiger partial charge is 0.251 e. The normalized spacial score (nSPS) is 14.8. The van der Waals surface area contributed by atoms with Gasteiger partial charge >= 0.3 is 0 Å². The predicted octanol–water partition coefficient (Wildman–Crippen LogP) is 3.88. The van der Waals surface area contributed by atoms with E-state index in [1.54, 1.807) is 55.3 Å². The Kier molecular flexibility index (Phi) is 5.92. The summed E-state index contributed by atoms with van der Waals surface area (Å²) in [7, 11) is 3.13. The first-order valence-electron chi connectivity index (χ1n) is 9.61. The molecular formula is C22H21ClN4O4. The number of methoxy groups -OCH3 is 2. The number of aromatic nitrogens is 2. The van der Waals surface area contributed by atoms with Gasteiger partial charge in [-0.1, -0.05) is 29.8 Å². The van der Waals surface area contributed by atoms with Crippen LogP contribution in [-0.4, -0.2) is 35.8 Å². The maximum absolute atomic E-state index is 12.7. The Bertz CT molecular complexity index is 1130. The lowest BCUT2D eigenvalue weighted by Gasteiger charge is -2.11. The van der Waals surface area contributed by atoms with Gasteiger partial charge in [0.15, 0.2) is 0 Å². The fraction of sp³-hybridized carbons (Fsp3) is 0.227. The van der Waals surface area contributed by atoms with Crippen molar-refractivity contribution in [3.05, 3.63) is 59.2 Å². The van der Waals surface area contributed by atoms with Gasteiger partial charge < -0.3 is 20.1 Å². The molecule has 0 bridgehead atoms. The molecule has 2 aromatic carbocycles. The van der Waals surface area contributed by atoms with E-state index in [0.717, 1.165) is 11.1 Å². The number of benzene rings is 2. The van der Waals surface area contributed by atoms with Gasteiger partial charge in [0.1, 0.15) is 17.6 Å². The Morgan fingerprint density at radius 3 is 2.71 bits per heavy atom. The van der Waals surface area contributed by atoms with E-state index in [4.69, 9.17) is 21.1 Å². The average Bonchev–Trinajstić information content (AvgIpc) is 3.24. The first-order chi connectivity index (χ1) is 15.0. The minimum absolute atomic E-state index is 0.0653. The molecule has 2 heterocycles. The van der Waals surface area contributed by atoms with E-state index in [1.807, 2.05) is 12.1 Å². The van der Waals surface area contributed by atoms with Gasteiger partial charge in [-0.2, -0.15) is 5.10 Å². The number of rotatable bonds is 7. The van der Waals surface area contributed by atoms with Crippen LogP contribution < -0.4 is 15.4 Å². The summed E-state index contributed by atoms with van der Waals surface area (Å²) in [4.78, 5) is 25.3. The Balaban J connectivity index is 1.60. The Hall–Kier alpha value is -3.36. The van der Waals surface area contributed by atoms with E-state index in [9.17, 15) is 9.59 Å². The Morgan fingerprint density at radius 1 is 1.23 bits per heavy atom. The van der Waals surface area contributed by atoms with Gasteiger partial charge in [-0.25, -0.2) is 4.68 Å². The molecule has 1 aliphatic rings. The van der Waals surface area contributed by atoms with Gasteiger partial charge in [0.2, 0.25) is 5.91 Å². The molecule has 1 atom stereocenters. The zero-order chi connectivity index (χ0) is 22.0. The van der Waals surface area contributed by atoms with E-state index in [0.29, 0.717) is 28.0 Å². The van der Waals surface area contributed by atoms with Crippen molar-refractivity contribution in [1.82, 2.24) is 9.78 Å². The Labute approximate surface area is 184 Å². The number of nitrogens with zero attached hydrogens (tertiary/aromatic N) is 2. The minimum atomic E-state index is -0.766. The van der Waals surface area contributed by atoms with Crippen LogP contribution in [0.4, 0.5) is 11.5 Å². The van der Waals surface area contributed by atoms with Crippen LogP contribution >= 0.6 is 11.6 Å². The predicted molar refractivity (Wildman–Crippen MR) is 117 cm³/mol. The van der Waals surface area contributed by atoms with E-state index in [-0.39, 0.29) is 24.8 Å². The van der Waals surface area contributed by atoms with Crippen LogP contribution in [0.5, 0.6) is 5.75 Å². The van der Waals surface area contributed by atoms with Gasteiger partial charge in [0, 0.05) is 29.4 Å². The topological polar surface area (TPSA) is 94.5 Å². The summed E-state index contributed by atoms with van der Waals surface area (Å²) in [6, 6.07) is 13.5. The van der Waals surface area contributed by atoms with Gasteiger partial charge in [-0.3, -0.25) is 9.59 Å². The maximum atomic E-state index is 12.7. The summed E-state index contributed by atoms with van der Waals surface area (Å²) in [6.45, 7) is 0.260. The van der Waals surface area contributed by atoms with Gasteiger partial charge in [-0.05, 0) is 29.8 Å². The van der Waals surface area contributed by atoms with Crippen LogP contribution in [0.25, 0.3) is 11.1 Å². The monoisotopic (exact) mass is 440 g/mol. The summed E-state index contributed by atoms with van der Waals surface area (Å²) >= 11 is 6.01. The fourth-order valence-electron chi connectivity index (χ4n) is 3.56. The number of hydrogen-bond acceptors (Lipinski definition) is 5. The average molecular weight is 441 g/mol. The zero-order valence-corrected chi connectivity index (χ0v) is 17.8. The molecule has 0 spiro atoms. The van der Waals surface area contributed by atoms with Crippen LogP contribution in [0.2, 0.25) is 5.02 Å². The highest BCUT2D eigenvalue weighted by molar-refractivity contribution is 6.30. The van der Waals surface area contributed by atoms with E-state index >= 15 is 0 Å². The molecule has 3 aromatic rings. The van der Waals surface area contributed by atoms with E-state index in [2.05, 4.69) is 15.7 Å². The SMILES string of the molecule is COCc1nn2c(c1-c1ccc(Cl)cc1)NC(=O)C2CC(=O)Nc1cccc(OC)c1. The molecule has 9 heteroatoms. The molecule has 0 saturated carbocycles. The first-order valence-corrected chi connectivity index (χ1v) is 9.99. The number of ether oxygens (including phenoxy) is 2.